The van der Waals surface area contributed by atoms with Gasteiger partial charge in [0.25, 0.3) is 0 Å². The molecule has 2 rings (SSSR count). The van der Waals surface area contributed by atoms with Gasteiger partial charge >= 0.3 is 5.97 Å². The van der Waals surface area contributed by atoms with Crippen LogP contribution in [-0.2, 0) is 9.59 Å². The van der Waals surface area contributed by atoms with Crippen molar-refractivity contribution in [1.82, 2.24) is 4.90 Å². The van der Waals surface area contributed by atoms with E-state index in [9.17, 15) is 9.59 Å². The van der Waals surface area contributed by atoms with E-state index in [1.54, 1.807) is 0 Å². The predicted octanol–water partition coefficient (Wildman–Crippen LogP) is 1.61. The van der Waals surface area contributed by atoms with Crippen LogP contribution in [0.5, 0.6) is 0 Å². The molecule has 6 heteroatoms. The number of carbonyl (C=O) groups excluding carboxylic acids is 1. The smallest absolute Gasteiger partial charge is 0.304 e. The minimum atomic E-state index is -0.829. The first kappa shape index (κ1) is 15.0. The van der Waals surface area contributed by atoms with Crippen molar-refractivity contribution in [3.8, 4) is 0 Å². The summed E-state index contributed by atoms with van der Waals surface area (Å²) in [5, 5.41) is 8.73. The molecular weight excluding hydrogens is 324 g/mol. The van der Waals surface area contributed by atoms with E-state index in [2.05, 4.69) is 20.8 Å². The summed E-state index contributed by atoms with van der Waals surface area (Å²) >= 11 is 3.40. The number of aldehydes is 1. The molecule has 0 aliphatic carbocycles. The molecule has 5 nitrogen and oxygen atoms in total. The van der Waals surface area contributed by atoms with Crippen LogP contribution in [0.15, 0.2) is 28.7 Å². The summed E-state index contributed by atoms with van der Waals surface area (Å²) < 4.78 is 1.02. The summed E-state index contributed by atoms with van der Waals surface area (Å²) in [4.78, 5) is 25.9. The van der Waals surface area contributed by atoms with Crippen LogP contribution in [0.4, 0.5) is 5.69 Å². The van der Waals surface area contributed by atoms with Gasteiger partial charge in [-0.05, 0) is 24.3 Å². The highest BCUT2D eigenvalue weighted by molar-refractivity contribution is 9.10. The van der Waals surface area contributed by atoms with Crippen molar-refractivity contribution in [3.63, 3.8) is 0 Å². The third kappa shape index (κ3) is 3.80. The van der Waals surface area contributed by atoms with Crippen LogP contribution in [0, 0.1) is 0 Å². The molecule has 20 heavy (non-hydrogen) atoms. The quantitative estimate of drug-likeness (QED) is 0.825. The number of hydrogen-bond acceptors (Lipinski definition) is 4. The molecule has 1 unspecified atom stereocenters. The number of carbonyl (C=O) groups is 2. The average Bonchev–Trinajstić information content (AvgIpc) is 2.45. The zero-order chi connectivity index (χ0) is 14.5. The average molecular weight is 341 g/mol. The van der Waals surface area contributed by atoms with E-state index in [1.165, 1.54) is 0 Å². The van der Waals surface area contributed by atoms with Gasteiger partial charge in [-0.25, -0.2) is 0 Å². The topological polar surface area (TPSA) is 60.9 Å². The maximum Gasteiger partial charge on any atom is 0.304 e. The maximum absolute atomic E-state index is 11.2. The summed E-state index contributed by atoms with van der Waals surface area (Å²) in [7, 11) is 0. The maximum atomic E-state index is 11.2. The summed E-state index contributed by atoms with van der Waals surface area (Å²) in [6.07, 6.45) is 0.982. The Morgan fingerprint density at radius 2 is 2.05 bits per heavy atom. The van der Waals surface area contributed by atoms with E-state index >= 15 is 0 Å². The van der Waals surface area contributed by atoms with Gasteiger partial charge in [-0.1, -0.05) is 15.9 Å². The minimum Gasteiger partial charge on any atom is -0.481 e. The number of aliphatic carboxylic acids is 1. The van der Waals surface area contributed by atoms with Gasteiger partial charge < -0.3 is 14.8 Å². The fourth-order valence-electron chi connectivity index (χ4n) is 2.38. The van der Waals surface area contributed by atoms with Crippen LogP contribution < -0.4 is 4.90 Å². The lowest BCUT2D eigenvalue weighted by atomic mass is 10.1. The standard InChI is InChI=1S/C14H17BrN2O3/c15-11-1-3-12(4-2-11)17-8-7-16(6-5-14(19)20)13(9-17)10-18/h1-4,10,13H,5-9H2,(H,19,20). The molecule has 0 radical (unpaired) electrons. The number of anilines is 1. The molecular formula is C14H17BrN2O3. The Bertz CT molecular complexity index is 478. The summed E-state index contributed by atoms with van der Waals surface area (Å²) in [5.41, 5.74) is 1.08. The van der Waals surface area contributed by atoms with Gasteiger partial charge in [-0.2, -0.15) is 0 Å². The van der Waals surface area contributed by atoms with E-state index in [-0.39, 0.29) is 12.5 Å². The molecule has 1 N–H and O–H groups in total. The molecule has 1 fully saturated rings. The number of rotatable bonds is 5. The second kappa shape index (κ2) is 6.85. The molecule has 1 atom stereocenters. The molecule has 0 bridgehead atoms. The van der Waals surface area contributed by atoms with Gasteiger partial charge in [0.2, 0.25) is 0 Å². The first-order valence-corrected chi connectivity index (χ1v) is 7.31. The van der Waals surface area contributed by atoms with Gasteiger partial charge in [0.05, 0.1) is 12.5 Å². The lowest BCUT2D eigenvalue weighted by Gasteiger charge is -2.40. The van der Waals surface area contributed by atoms with Crippen molar-refractivity contribution in [3.05, 3.63) is 28.7 Å². The fraction of sp³-hybridized carbons (Fsp3) is 0.429. The number of piperazine rings is 1. The van der Waals surface area contributed by atoms with Crippen molar-refractivity contribution in [2.75, 3.05) is 31.1 Å². The molecule has 1 aliphatic heterocycles. The SMILES string of the molecule is O=CC1CN(c2ccc(Br)cc2)CCN1CCC(=O)O. The zero-order valence-electron chi connectivity index (χ0n) is 11.0. The predicted molar refractivity (Wildman–Crippen MR) is 80.0 cm³/mol. The lowest BCUT2D eigenvalue weighted by Crippen LogP contribution is -2.54. The van der Waals surface area contributed by atoms with Crippen LogP contribution in [0.2, 0.25) is 0 Å². The molecule has 1 saturated heterocycles. The summed E-state index contributed by atoms with van der Waals surface area (Å²) in [6.45, 7) is 2.52. The summed E-state index contributed by atoms with van der Waals surface area (Å²) in [6, 6.07) is 7.73. The molecule has 1 aliphatic rings. The van der Waals surface area contributed by atoms with Crippen LogP contribution >= 0.6 is 15.9 Å². The highest BCUT2D eigenvalue weighted by Gasteiger charge is 2.26. The number of halogens is 1. The molecule has 0 saturated carbocycles. The van der Waals surface area contributed by atoms with E-state index in [4.69, 9.17) is 5.11 Å². The molecule has 0 spiro atoms. The monoisotopic (exact) mass is 340 g/mol. The Balaban J connectivity index is 1.99. The lowest BCUT2D eigenvalue weighted by molar-refractivity contribution is -0.137. The fourth-order valence-corrected chi connectivity index (χ4v) is 2.64. The van der Waals surface area contributed by atoms with E-state index < -0.39 is 5.97 Å². The molecule has 1 heterocycles. The van der Waals surface area contributed by atoms with Crippen LogP contribution in [0.1, 0.15) is 6.42 Å². The van der Waals surface area contributed by atoms with Crippen molar-refractivity contribution >= 4 is 33.9 Å². The Hall–Kier alpha value is -1.40. The van der Waals surface area contributed by atoms with Crippen molar-refractivity contribution in [1.29, 1.82) is 0 Å². The molecule has 0 aromatic heterocycles. The number of nitrogens with zero attached hydrogens (tertiary/aromatic N) is 2. The number of hydrogen-bond donors (Lipinski definition) is 1. The highest BCUT2D eigenvalue weighted by Crippen LogP contribution is 2.21. The van der Waals surface area contributed by atoms with E-state index in [1.807, 2.05) is 29.2 Å². The first-order valence-electron chi connectivity index (χ1n) is 6.52. The van der Waals surface area contributed by atoms with Gasteiger partial charge in [-0.15, -0.1) is 0 Å². The number of carboxylic acids is 1. The molecule has 0 amide bonds. The minimum absolute atomic E-state index is 0.0720. The van der Waals surface area contributed by atoms with Crippen molar-refractivity contribution in [2.45, 2.75) is 12.5 Å². The van der Waals surface area contributed by atoms with Gasteiger partial charge in [0.1, 0.15) is 6.29 Å². The Labute approximate surface area is 126 Å². The van der Waals surface area contributed by atoms with Crippen molar-refractivity contribution < 1.29 is 14.7 Å². The molecule has 1 aromatic carbocycles. The third-order valence-electron chi connectivity index (χ3n) is 3.50. The normalized spacial score (nSPS) is 19.9. The second-order valence-electron chi connectivity index (χ2n) is 4.81. The van der Waals surface area contributed by atoms with E-state index in [0.717, 1.165) is 23.0 Å². The van der Waals surface area contributed by atoms with Crippen LogP contribution in [0.3, 0.4) is 0 Å². The van der Waals surface area contributed by atoms with Gasteiger partial charge in [-0.3, -0.25) is 9.69 Å². The Kier molecular flexibility index (Phi) is 5.14. The van der Waals surface area contributed by atoms with Crippen LogP contribution in [0.25, 0.3) is 0 Å². The summed E-state index contributed by atoms with van der Waals surface area (Å²) in [5.74, 6) is -0.829. The Morgan fingerprint density at radius 1 is 1.35 bits per heavy atom. The first-order chi connectivity index (χ1) is 9.60. The number of carboxylic acid groups (broad SMARTS) is 1. The highest BCUT2D eigenvalue weighted by atomic mass is 79.9. The van der Waals surface area contributed by atoms with Crippen molar-refractivity contribution in [2.24, 2.45) is 0 Å². The van der Waals surface area contributed by atoms with Gasteiger partial charge in [0, 0.05) is 36.3 Å². The van der Waals surface area contributed by atoms with Crippen LogP contribution in [-0.4, -0.2) is 54.5 Å². The van der Waals surface area contributed by atoms with E-state index in [0.29, 0.717) is 19.6 Å². The molecule has 1 aromatic rings. The second-order valence-corrected chi connectivity index (χ2v) is 5.72. The third-order valence-corrected chi connectivity index (χ3v) is 4.02. The largest absolute Gasteiger partial charge is 0.481 e. The molecule has 108 valence electrons. The zero-order valence-corrected chi connectivity index (χ0v) is 12.6. The number of benzene rings is 1. The van der Waals surface area contributed by atoms with Gasteiger partial charge in [0.15, 0.2) is 0 Å². The Morgan fingerprint density at radius 3 is 2.65 bits per heavy atom.